The Morgan fingerprint density at radius 3 is 2.09 bits per heavy atom. The van der Waals surface area contributed by atoms with Crippen LogP contribution in [-0.4, -0.2) is 12.2 Å². The fraction of sp³-hybridized carbons (Fsp3) is 0.400. The van der Waals surface area contributed by atoms with E-state index >= 15 is 0 Å². The Balaban J connectivity index is -0.0000000817. The maximum absolute atomic E-state index is 10.0. The van der Waals surface area contributed by atoms with Gasteiger partial charge in [0.15, 0.2) is 0 Å². The van der Waals surface area contributed by atoms with E-state index in [9.17, 15) is 4.79 Å². The van der Waals surface area contributed by atoms with Crippen LogP contribution in [0, 0.1) is 12.4 Å². The minimum absolute atomic E-state index is 0. The monoisotopic (exact) mass is 671 g/mol. The van der Waals surface area contributed by atoms with Gasteiger partial charge in [-0.2, -0.15) is 0 Å². The molecule has 0 atom stereocenters. The number of hydrogen-bond acceptors (Lipinski definition) is 3. The molecule has 11 heavy (non-hydrogen) atoms. The molecule has 0 saturated carbocycles. The van der Waals surface area contributed by atoms with Gasteiger partial charge in [0.2, 0.25) is 0 Å². The topological polar surface area (TPSA) is 26.3 Å². The first kappa shape index (κ1) is 22.7. The predicted molar refractivity (Wildman–Crippen MR) is 33.9 cm³/mol. The summed E-state index contributed by atoms with van der Waals surface area (Å²) in [6.45, 7) is 4.75. The van der Waals surface area contributed by atoms with Crippen LogP contribution in [0.25, 0.3) is 0 Å². The van der Waals surface area contributed by atoms with Crippen molar-refractivity contribution in [2.24, 2.45) is 0 Å². The van der Waals surface area contributed by atoms with Crippen LogP contribution in [0.5, 0.6) is 0 Å². The van der Waals surface area contributed by atoms with Gasteiger partial charge in [0.05, 0.1) is 0 Å². The molecule has 0 spiro atoms. The molecule has 1 radical (unpaired) electrons. The molecular formula is C5H8O2RbReRfS-. The van der Waals surface area contributed by atoms with E-state index in [1.54, 1.807) is 6.92 Å². The van der Waals surface area contributed by atoms with Crippen LogP contribution in [0.2, 0.25) is 0 Å². The smallest absolute Gasteiger partial charge is 0.646 e. The summed E-state index contributed by atoms with van der Waals surface area (Å²) in [5.41, 5.74) is 0.630. The summed E-state index contributed by atoms with van der Waals surface area (Å²) in [6, 6.07) is 0. The molecular weight excluding hydrogens is 663 g/mol. The van der Waals surface area contributed by atoms with Crippen molar-refractivity contribution in [1.29, 1.82) is 0 Å². The third kappa shape index (κ3) is 18.3. The molecule has 0 aromatic rings. The Bertz CT molecular complexity index is 96.6. The van der Waals surface area contributed by atoms with Crippen LogP contribution >= 0.6 is 11.8 Å². The summed E-state index contributed by atoms with van der Waals surface area (Å²) in [7, 11) is 0. The van der Waals surface area contributed by atoms with Crippen molar-refractivity contribution >= 4 is 17.7 Å². The largest absolute Gasteiger partial charge is 1.00 e. The van der Waals surface area contributed by atoms with Gasteiger partial charge in [-0.1, -0.05) is 5.44 Å². The van der Waals surface area contributed by atoms with Crippen molar-refractivity contribution in [3.05, 3.63) is 12.4 Å². The zero-order valence-electron chi connectivity index (χ0n) is 7.02. The summed E-state index contributed by atoms with van der Waals surface area (Å²) >= 11 is 1.39. The van der Waals surface area contributed by atoms with Gasteiger partial charge in [0.25, 0.3) is 0 Å². The summed E-state index contributed by atoms with van der Waals surface area (Å²) in [5, 5.41) is 0. The molecule has 0 aliphatic heterocycles. The molecule has 0 aliphatic carbocycles. The van der Waals surface area contributed by atoms with E-state index in [2.05, 4.69) is 11.7 Å². The molecule has 0 aromatic heterocycles. The molecule has 0 aliphatic rings. The molecule has 0 aromatic carbocycles. The Morgan fingerprint density at radius 1 is 1.64 bits per heavy atom. The minimum atomic E-state index is -0.503. The Morgan fingerprint density at radius 2 is 2.00 bits per heavy atom. The molecule has 0 amide bonds. The van der Waals surface area contributed by atoms with Gasteiger partial charge >= 0.3 is 58.2 Å². The normalized spacial score (nSPS) is 6.82. The molecule has 0 fully saturated rings. The van der Waals surface area contributed by atoms with Crippen LogP contribution in [0.4, 0.5) is 0 Å². The number of carbonyl (C=O) groups excluding carboxylic acids is 1. The van der Waals surface area contributed by atoms with E-state index < -0.39 is 5.97 Å². The molecule has 0 unspecified atom stereocenters. The predicted octanol–water partition coefficient (Wildman–Crippen LogP) is -1.76. The molecule has 0 saturated heterocycles. The van der Waals surface area contributed by atoms with Crippen molar-refractivity contribution in [2.75, 3.05) is 6.26 Å². The van der Waals surface area contributed by atoms with E-state index in [0.29, 0.717) is 5.44 Å². The van der Waals surface area contributed by atoms with Crippen molar-refractivity contribution in [2.45, 2.75) is 6.92 Å². The second kappa shape index (κ2) is 13.7. The average molecular weight is 671 g/mol. The summed E-state index contributed by atoms with van der Waals surface area (Å²) in [6.07, 6.45) is 1.83. The van der Waals surface area contributed by atoms with Crippen molar-refractivity contribution in [1.82, 2.24) is 0 Å². The van der Waals surface area contributed by atoms with Gasteiger partial charge in [-0.3, -0.25) is 4.79 Å². The molecule has 0 heterocycles. The number of esters is 1. The number of hydrogen-bond donors (Lipinski definition) is 0. The van der Waals surface area contributed by atoms with E-state index in [0.717, 1.165) is 0 Å². The third-order valence-corrected chi connectivity index (χ3v) is 1.20. The fourth-order valence-electron chi connectivity index (χ4n) is 0.202. The summed E-state index contributed by atoms with van der Waals surface area (Å²) < 4.78 is 4.53. The minimum Gasteiger partial charge on any atom is -0.646 e. The first-order chi connectivity index (χ1) is 3.66. The van der Waals surface area contributed by atoms with Crippen LogP contribution in [0.3, 0.4) is 0 Å². The summed E-state index contributed by atoms with van der Waals surface area (Å²) in [5.74, 6) is -0.503. The molecule has 0 N–H and O–H groups in total. The zero-order chi connectivity index (χ0) is 6.57. The zero-order valence-corrected chi connectivity index (χ0v) is 21.9. The third-order valence-electron chi connectivity index (χ3n) is 0.545. The van der Waals surface area contributed by atoms with Gasteiger partial charge in [-0.15, -0.1) is 6.92 Å². The Hall–Kier alpha value is 1.16. The number of carbonyl (C=O) groups is 1. The second-order valence-corrected chi connectivity index (χ2v) is 2.15. The first-order valence-electron chi connectivity index (χ1n) is 2.08. The van der Waals surface area contributed by atoms with E-state index in [4.69, 9.17) is 0 Å². The maximum Gasteiger partial charge on any atom is 1.00 e. The second-order valence-electron chi connectivity index (χ2n) is 1.17. The van der Waals surface area contributed by atoms with Crippen LogP contribution < -0.4 is 58.2 Å². The molecule has 0 bridgehead atoms. The number of ether oxygens (including phenoxy) is 1. The van der Waals surface area contributed by atoms with E-state index in [-0.39, 0.29) is 78.6 Å². The Kier molecular flexibility index (Phi) is 28.4. The van der Waals surface area contributed by atoms with Gasteiger partial charge < -0.3 is 23.4 Å². The van der Waals surface area contributed by atoms with Crippen LogP contribution in [0.1, 0.15) is 6.92 Å². The van der Waals surface area contributed by atoms with Gasteiger partial charge in [-0.25, -0.2) is 0 Å². The Labute approximate surface area is 129 Å². The number of thioether (sulfide) groups is 1. The quantitative estimate of drug-likeness (QED) is 0.258. The van der Waals surface area contributed by atoms with Crippen molar-refractivity contribution in [3.8, 4) is 0 Å². The molecule has 57 valence electrons. The number of rotatable bonds is 2. The van der Waals surface area contributed by atoms with E-state index in [1.807, 2.05) is 6.26 Å². The van der Waals surface area contributed by atoms with Gasteiger partial charge in [0.1, 0.15) is 5.97 Å². The molecule has 2 nitrogen and oxygen atoms in total. The SMILES string of the molecule is [CH2-]C(=O)O[C-](C)SC.[Rb+].[Re].[Rf]. The average Bonchev–Trinajstić information content (AvgIpc) is 1.65. The molecule has 0 rings (SSSR count). The van der Waals surface area contributed by atoms with Gasteiger partial charge in [0, 0.05) is 20.4 Å². The van der Waals surface area contributed by atoms with Crippen LogP contribution in [0.15, 0.2) is 0 Å². The fourth-order valence-corrected chi connectivity index (χ4v) is 0.378. The van der Waals surface area contributed by atoms with E-state index in [1.165, 1.54) is 11.8 Å². The maximum atomic E-state index is 10.0. The first-order valence-corrected chi connectivity index (χ1v) is 3.30. The summed E-state index contributed by atoms with van der Waals surface area (Å²) in [4.78, 5) is 10.0. The van der Waals surface area contributed by atoms with Crippen molar-refractivity contribution < 1.29 is 88.1 Å². The van der Waals surface area contributed by atoms with Crippen molar-refractivity contribution in [3.63, 3.8) is 0 Å². The molecule has 6 heteroatoms. The van der Waals surface area contributed by atoms with Crippen LogP contribution in [-0.2, 0) is 30.0 Å². The van der Waals surface area contributed by atoms with Gasteiger partial charge in [-0.05, 0) is 6.26 Å². The standard InChI is InChI=1S/C5H8O2S.Rb.Re.Rf/c1-4(6)7-5(2)8-3;;;/h1H2,2-3H3;;;/q-2;+1;;.